The Bertz CT molecular complexity index is 736. The minimum absolute atomic E-state index is 0.359. The predicted molar refractivity (Wildman–Crippen MR) is 70.8 cm³/mol. The highest BCUT2D eigenvalue weighted by molar-refractivity contribution is 9.10. The van der Waals surface area contributed by atoms with E-state index in [1.807, 2.05) is 29.7 Å². The van der Waals surface area contributed by atoms with Crippen molar-refractivity contribution in [3.8, 4) is 11.3 Å². The molecule has 18 heavy (non-hydrogen) atoms. The Labute approximate surface area is 111 Å². The van der Waals surface area contributed by atoms with E-state index in [0.29, 0.717) is 11.3 Å². The van der Waals surface area contributed by atoms with Gasteiger partial charge in [0.1, 0.15) is 11.5 Å². The molecule has 3 aromatic heterocycles. The molecule has 0 unspecified atom stereocenters. The molecule has 0 aliphatic carbocycles. The van der Waals surface area contributed by atoms with Crippen molar-refractivity contribution in [2.75, 3.05) is 0 Å². The molecule has 0 radical (unpaired) electrons. The topological polar surface area (TPSA) is 30.2 Å². The van der Waals surface area contributed by atoms with Gasteiger partial charge in [-0.1, -0.05) is 0 Å². The highest BCUT2D eigenvalue weighted by Gasteiger charge is 2.08. The highest BCUT2D eigenvalue weighted by Crippen LogP contribution is 2.23. The van der Waals surface area contributed by atoms with E-state index in [4.69, 9.17) is 0 Å². The molecule has 3 aromatic rings. The Balaban J connectivity index is 2.23. The minimum Gasteiger partial charge on any atom is -0.303 e. The maximum atomic E-state index is 13.1. The Morgan fingerprint density at radius 3 is 2.89 bits per heavy atom. The van der Waals surface area contributed by atoms with Crippen molar-refractivity contribution in [1.82, 2.24) is 14.4 Å². The van der Waals surface area contributed by atoms with Gasteiger partial charge in [0.25, 0.3) is 0 Å². The molecule has 3 nitrogen and oxygen atoms in total. The van der Waals surface area contributed by atoms with Crippen LogP contribution in [-0.2, 0) is 0 Å². The summed E-state index contributed by atoms with van der Waals surface area (Å²) in [7, 11) is 0. The van der Waals surface area contributed by atoms with E-state index in [1.165, 1.54) is 12.3 Å². The minimum atomic E-state index is -0.359. The summed E-state index contributed by atoms with van der Waals surface area (Å²) in [5, 5.41) is 0. The molecular weight excluding hydrogens is 297 g/mol. The van der Waals surface area contributed by atoms with Crippen molar-refractivity contribution >= 4 is 21.6 Å². The average Bonchev–Trinajstić information content (AvgIpc) is 2.79. The van der Waals surface area contributed by atoms with Crippen LogP contribution in [0.15, 0.2) is 41.3 Å². The van der Waals surface area contributed by atoms with Crippen LogP contribution in [0, 0.1) is 12.7 Å². The number of nitrogens with zero attached hydrogens (tertiary/aromatic N) is 3. The third-order valence-corrected chi connectivity index (χ3v) is 3.66. The third kappa shape index (κ3) is 1.80. The number of pyridine rings is 2. The lowest BCUT2D eigenvalue weighted by Gasteiger charge is -2.00. The van der Waals surface area contributed by atoms with Gasteiger partial charge in [0.15, 0.2) is 0 Å². The van der Waals surface area contributed by atoms with Gasteiger partial charge >= 0.3 is 0 Å². The molecule has 0 spiro atoms. The van der Waals surface area contributed by atoms with E-state index in [1.54, 1.807) is 6.20 Å². The number of imidazole rings is 1. The summed E-state index contributed by atoms with van der Waals surface area (Å²) in [5.41, 5.74) is 3.27. The van der Waals surface area contributed by atoms with Gasteiger partial charge in [-0.3, -0.25) is 4.98 Å². The molecule has 0 atom stereocenters. The molecule has 5 heteroatoms. The van der Waals surface area contributed by atoms with Crippen molar-refractivity contribution in [3.63, 3.8) is 0 Å². The number of aromatic nitrogens is 3. The number of hydrogen-bond donors (Lipinski definition) is 0. The normalized spacial score (nSPS) is 11.1. The van der Waals surface area contributed by atoms with Gasteiger partial charge in [-0.2, -0.15) is 0 Å². The van der Waals surface area contributed by atoms with Gasteiger partial charge in [0.05, 0.1) is 11.9 Å². The predicted octanol–water partition coefficient (Wildman–Crippen LogP) is 3.61. The molecule has 3 heterocycles. The molecular formula is C13H9BrFN3. The van der Waals surface area contributed by atoms with Crippen molar-refractivity contribution in [1.29, 1.82) is 0 Å². The maximum absolute atomic E-state index is 13.1. The quantitative estimate of drug-likeness (QED) is 0.687. The summed E-state index contributed by atoms with van der Waals surface area (Å²) in [6, 6.07) is 5.29. The number of aryl methyl sites for hydroxylation is 1. The first kappa shape index (κ1) is 11.3. The van der Waals surface area contributed by atoms with Gasteiger partial charge in [-0.15, -0.1) is 0 Å². The highest BCUT2D eigenvalue weighted by atomic mass is 79.9. The standard InChI is InChI=1S/C13H9BrFN3/c1-8-11(14)2-3-13-17-12(7-18(8)13)9-4-10(15)6-16-5-9/h2-7H,1H3. The first-order chi connectivity index (χ1) is 8.65. The van der Waals surface area contributed by atoms with Crippen molar-refractivity contribution < 1.29 is 4.39 Å². The molecule has 0 aromatic carbocycles. The molecule has 0 fully saturated rings. The van der Waals surface area contributed by atoms with Crippen LogP contribution in [0.1, 0.15) is 5.69 Å². The van der Waals surface area contributed by atoms with Crippen LogP contribution in [0.25, 0.3) is 16.9 Å². The fourth-order valence-corrected chi connectivity index (χ4v) is 2.18. The van der Waals surface area contributed by atoms with Crippen LogP contribution in [0.3, 0.4) is 0 Å². The largest absolute Gasteiger partial charge is 0.303 e. The van der Waals surface area contributed by atoms with Crippen molar-refractivity contribution in [2.24, 2.45) is 0 Å². The zero-order valence-corrected chi connectivity index (χ0v) is 11.1. The molecule has 0 bridgehead atoms. The number of halogens is 2. The lowest BCUT2D eigenvalue weighted by atomic mass is 10.2. The summed E-state index contributed by atoms with van der Waals surface area (Å²) in [6.45, 7) is 1.99. The van der Waals surface area contributed by atoms with E-state index in [2.05, 4.69) is 25.9 Å². The Morgan fingerprint density at radius 2 is 2.11 bits per heavy atom. The maximum Gasteiger partial charge on any atom is 0.142 e. The summed E-state index contributed by atoms with van der Waals surface area (Å²) < 4.78 is 16.1. The van der Waals surface area contributed by atoms with E-state index < -0.39 is 0 Å². The molecule has 0 aliphatic rings. The second-order valence-corrected chi connectivity index (χ2v) is 4.87. The number of fused-ring (bicyclic) bond motifs is 1. The molecule has 3 rings (SSSR count). The van der Waals surface area contributed by atoms with Gasteiger partial charge < -0.3 is 4.40 Å². The van der Waals surface area contributed by atoms with E-state index in [9.17, 15) is 4.39 Å². The summed E-state index contributed by atoms with van der Waals surface area (Å²) >= 11 is 3.47. The first-order valence-electron chi connectivity index (χ1n) is 5.40. The average molecular weight is 306 g/mol. The van der Waals surface area contributed by atoms with Crippen molar-refractivity contribution in [3.05, 3.63) is 52.8 Å². The molecule has 0 amide bonds. The Hall–Kier alpha value is -1.75. The SMILES string of the molecule is Cc1c(Br)ccc2nc(-c3cncc(F)c3)cn12. The molecule has 0 N–H and O–H groups in total. The fraction of sp³-hybridized carbons (Fsp3) is 0.0769. The zero-order valence-electron chi connectivity index (χ0n) is 9.56. The van der Waals surface area contributed by atoms with Crippen LogP contribution in [0.5, 0.6) is 0 Å². The Kier molecular flexibility index (Phi) is 2.63. The van der Waals surface area contributed by atoms with E-state index in [0.717, 1.165) is 15.8 Å². The number of hydrogen-bond acceptors (Lipinski definition) is 2. The second kappa shape index (κ2) is 4.17. The lowest BCUT2D eigenvalue weighted by Crippen LogP contribution is -1.89. The molecule has 90 valence electrons. The smallest absolute Gasteiger partial charge is 0.142 e. The zero-order chi connectivity index (χ0) is 12.7. The Morgan fingerprint density at radius 1 is 1.28 bits per heavy atom. The molecule has 0 saturated carbocycles. The molecule has 0 aliphatic heterocycles. The van der Waals surface area contributed by atoms with E-state index >= 15 is 0 Å². The summed E-state index contributed by atoms with van der Waals surface area (Å²) in [5.74, 6) is -0.359. The summed E-state index contributed by atoms with van der Waals surface area (Å²) in [6.07, 6.45) is 4.67. The third-order valence-electron chi connectivity index (χ3n) is 2.82. The van der Waals surface area contributed by atoms with Gasteiger partial charge in [-0.25, -0.2) is 9.37 Å². The van der Waals surface area contributed by atoms with Crippen LogP contribution in [0.4, 0.5) is 4.39 Å². The summed E-state index contributed by atoms with van der Waals surface area (Å²) in [4.78, 5) is 8.30. The van der Waals surface area contributed by atoms with Crippen LogP contribution in [-0.4, -0.2) is 14.4 Å². The molecule has 0 saturated heterocycles. The van der Waals surface area contributed by atoms with Gasteiger partial charge in [0.2, 0.25) is 0 Å². The lowest BCUT2D eigenvalue weighted by molar-refractivity contribution is 0.622. The van der Waals surface area contributed by atoms with Crippen LogP contribution >= 0.6 is 15.9 Å². The fourth-order valence-electron chi connectivity index (χ4n) is 1.86. The van der Waals surface area contributed by atoms with Crippen molar-refractivity contribution in [2.45, 2.75) is 6.92 Å². The van der Waals surface area contributed by atoms with Gasteiger partial charge in [-0.05, 0) is 41.1 Å². The van der Waals surface area contributed by atoms with Crippen LogP contribution < -0.4 is 0 Å². The second-order valence-electron chi connectivity index (χ2n) is 4.01. The first-order valence-corrected chi connectivity index (χ1v) is 6.19. The number of rotatable bonds is 1. The van der Waals surface area contributed by atoms with Gasteiger partial charge in [0, 0.05) is 28.1 Å². The van der Waals surface area contributed by atoms with Crippen LogP contribution in [0.2, 0.25) is 0 Å². The van der Waals surface area contributed by atoms with E-state index in [-0.39, 0.29) is 5.82 Å². The monoisotopic (exact) mass is 305 g/mol.